The van der Waals surface area contributed by atoms with Gasteiger partial charge in [0.1, 0.15) is 0 Å². The molecule has 20 heavy (non-hydrogen) atoms. The zero-order chi connectivity index (χ0) is 14.2. The molecule has 1 aliphatic carbocycles. The highest BCUT2D eigenvalue weighted by Gasteiger charge is 2.45. The van der Waals surface area contributed by atoms with E-state index >= 15 is 0 Å². The van der Waals surface area contributed by atoms with E-state index in [2.05, 4.69) is 5.32 Å². The molecule has 1 fully saturated rings. The fourth-order valence-corrected chi connectivity index (χ4v) is 1.79. The fourth-order valence-electron chi connectivity index (χ4n) is 1.79. The molecule has 0 radical (unpaired) electrons. The second-order valence-corrected chi connectivity index (χ2v) is 5.34. The van der Waals surface area contributed by atoms with Crippen molar-refractivity contribution in [3.05, 3.63) is 29.3 Å². The highest BCUT2D eigenvalue weighted by Crippen LogP contribution is 2.33. The normalized spacial score (nSPS) is 15.0. The van der Waals surface area contributed by atoms with Crippen molar-refractivity contribution in [1.82, 2.24) is 4.90 Å². The molecule has 0 unspecified atom stereocenters. The number of hydrogen-bond acceptors (Lipinski definition) is 3. The summed E-state index contributed by atoms with van der Waals surface area (Å²) in [6.45, 7) is 1.87. The largest absolute Gasteiger partial charge is 0.345 e. The number of nitrogens with zero attached hydrogens (tertiary/aromatic N) is 1. The van der Waals surface area contributed by atoms with Gasteiger partial charge in [0.2, 0.25) is 5.91 Å². The van der Waals surface area contributed by atoms with Crippen molar-refractivity contribution in [3.63, 3.8) is 0 Å². The van der Waals surface area contributed by atoms with Crippen LogP contribution in [0.3, 0.4) is 0 Å². The van der Waals surface area contributed by atoms with Gasteiger partial charge >= 0.3 is 0 Å². The van der Waals surface area contributed by atoms with Gasteiger partial charge in [-0.15, -0.1) is 12.4 Å². The number of carbonyl (C=O) groups excluding carboxylic acids is 2. The van der Waals surface area contributed by atoms with Gasteiger partial charge in [-0.2, -0.15) is 0 Å². The topological polar surface area (TPSA) is 75.4 Å². The molecule has 2 rings (SSSR count). The zero-order valence-electron chi connectivity index (χ0n) is 11.9. The van der Waals surface area contributed by atoms with Gasteiger partial charge in [-0.3, -0.25) is 9.59 Å². The highest BCUT2D eigenvalue weighted by molar-refractivity contribution is 6.02. The van der Waals surface area contributed by atoms with Gasteiger partial charge in [0.15, 0.2) is 0 Å². The molecule has 0 atom stereocenters. The lowest BCUT2D eigenvalue weighted by atomic mass is 10.1. The van der Waals surface area contributed by atoms with Crippen LogP contribution in [-0.4, -0.2) is 36.3 Å². The first kappa shape index (κ1) is 16.5. The first-order valence-electron chi connectivity index (χ1n) is 6.26. The molecular weight excluding hydrogens is 278 g/mol. The molecule has 1 aromatic rings. The number of nitrogens with two attached hydrogens (primary N) is 1. The monoisotopic (exact) mass is 297 g/mol. The summed E-state index contributed by atoms with van der Waals surface area (Å²) in [5, 5.41) is 2.77. The van der Waals surface area contributed by atoms with Crippen LogP contribution in [0, 0.1) is 6.92 Å². The number of benzene rings is 1. The zero-order valence-corrected chi connectivity index (χ0v) is 12.7. The maximum Gasteiger partial charge on any atom is 0.253 e. The number of halogens is 1. The third-order valence-corrected chi connectivity index (χ3v) is 3.37. The van der Waals surface area contributed by atoms with Gasteiger partial charge in [0.25, 0.3) is 5.91 Å². The molecule has 1 aliphatic rings. The molecule has 0 bridgehead atoms. The molecule has 1 aromatic carbocycles. The molecule has 0 heterocycles. The summed E-state index contributed by atoms with van der Waals surface area (Å²) in [5.41, 5.74) is 7.19. The molecule has 2 amide bonds. The number of rotatable bonds is 3. The second kappa shape index (κ2) is 5.81. The smallest absolute Gasteiger partial charge is 0.253 e. The Bertz CT molecular complexity index is 539. The van der Waals surface area contributed by atoms with Crippen LogP contribution in [0.2, 0.25) is 0 Å². The molecule has 5 nitrogen and oxygen atoms in total. The van der Waals surface area contributed by atoms with Crippen LogP contribution in [0.1, 0.15) is 28.8 Å². The second-order valence-electron chi connectivity index (χ2n) is 5.34. The molecular formula is C14H20ClN3O2. The Morgan fingerprint density at radius 2 is 1.90 bits per heavy atom. The minimum atomic E-state index is -0.712. The summed E-state index contributed by atoms with van der Waals surface area (Å²) in [5.74, 6) is -0.262. The van der Waals surface area contributed by atoms with Crippen molar-refractivity contribution in [1.29, 1.82) is 0 Å². The number of hydrogen-bond donors (Lipinski definition) is 2. The molecule has 3 N–H and O–H groups in total. The van der Waals surface area contributed by atoms with Gasteiger partial charge in [-0.1, -0.05) is 6.07 Å². The van der Waals surface area contributed by atoms with Crippen molar-refractivity contribution >= 4 is 29.9 Å². The van der Waals surface area contributed by atoms with Gasteiger partial charge in [-0.25, -0.2) is 0 Å². The maximum atomic E-state index is 12.0. The molecule has 0 aliphatic heterocycles. The Labute approximate surface area is 124 Å². The van der Waals surface area contributed by atoms with E-state index in [0.29, 0.717) is 24.1 Å². The maximum absolute atomic E-state index is 12.0. The molecule has 6 heteroatoms. The van der Waals surface area contributed by atoms with E-state index in [-0.39, 0.29) is 24.2 Å². The lowest BCUT2D eigenvalue weighted by Gasteiger charge is -2.15. The Balaban J connectivity index is 0.00000200. The summed E-state index contributed by atoms with van der Waals surface area (Å²) in [7, 11) is 3.40. The fraction of sp³-hybridized carbons (Fsp3) is 0.429. The summed E-state index contributed by atoms with van der Waals surface area (Å²) in [6, 6.07) is 5.30. The van der Waals surface area contributed by atoms with Crippen molar-refractivity contribution in [2.24, 2.45) is 5.73 Å². The molecule has 0 spiro atoms. The summed E-state index contributed by atoms with van der Waals surface area (Å²) < 4.78 is 0. The van der Waals surface area contributed by atoms with Crippen LogP contribution >= 0.6 is 12.4 Å². The Morgan fingerprint density at radius 3 is 2.40 bits per heavy atom. The SMILES string of the molecule is Cc1ccc(NC(=O)C2(N)CC2)cc1C(=O)N(C)C.Cl. The molecule has 0 aromatic heterocycles. The molecule has 1 saturated carbocycles. The molecule has 110 valence electrons. The number of anilines is 1. The van der Waals surface area contributed by atoms with Crippen LogP contribution in [-0.2, 0) is 4.79 Å². The van der Waals surface area contributed by atoms with Crippen LogP contribution < -0.4 is 11.1 Å². The number of aryl methyl sites for hydroxylation is 1. The number of nitrogens with one attached hydrogen (secondary N) is 1. The third kappa shape index (κ3) is 3.29. The van der Waals surface area contributed by atoms with Crippen LogP contribution in [0.15, 0.2) is 18.2 Å². The predicted molar refractivity (Wildman–Crippen MR) is 81.2 cm³/mol. The van der Waals surface area contributed by atoms with E-state index in [9.17, 15) is 9.59 Å². The third-order valence-electron chi connectivity index (χ3n) is 3.37. The lowest BCUT2D eigenvalue weighted by molar-refractivity contribution is -0.118. The average molecular weight is 298 g/mol. The van der Waals surface area contributed by atoms with E-state index < -0.39 is 5.54 Å². The van der Waals surface area contributed by atoms with E-state index in [1.807, 2.05) is 13.0 Å². The number of carbonyl (C=O) groups is 2. The van der Waals surface area contributed by atoms with E-state index in [0.717, 1.165) is 5.56 Å². The van der Waals surface area contributed by atoms with Gasteiger partial charge < -0.3 is 16.0 Å². The molecule has 0 saturated heterocycles. The van der Waals surface area contributed by atoms with Crippen LogP contribution in [0.4, 0.5) is 5.69 Å². The minimum Gasteiger partial charge on any atom is -0.345 e. The Hall–Kier alpha value is -1.59. The van der Waals surface area contributed by atoms with E-state index in [1.54, 1.807) is 26.2 Å². The highest BCUT2D eigenvalue weighted by atomic mass is 35.5. The first-order valence-corrected chi connectivity index (χ1v) is 6.26. The van der Waals surface area contributed by atoms with E-state index in [4.69, 9.17) is 5.73 Å². The van der Waals surface area contributed by atoms with Gasteiger partial charge in [-0.05, 0) is 37.5 Å². The minimum absolute atomic E-state index is 0. The van der Waals surface area contributed by atoms with Crippen molar-refractivity contribution < 1.29 is 9.59 Å². The van der Waals surface area contributed by atoms with Crippen molar-refractivity contribution in [2.75, 3.05) is 19.4 Å². The Morgan fingerprint density at radius 1 is 1.30 bits per heavy atom. The summed E-state index contributed by atoms with van der Waals surface area (Å²) >= 11 is 0. The average Bonchev–Trinajstić information content (AvgIpc) is 3.10. The van der Waals surface area contributed by atoms with Crippen molar-refractivity contribution in [3.8, 4) is 0 Å². The standard InChI is InChI=1S/C14H19N3O2.ClH/c1-9-4-5-10(8-11(9)12(18)17(2)3)16-13(19)14(15)6-7-14;/h4-5,8H,6-7,15H2,1-3H3,(H,16,19);1H. The summed E-state index contributed by atoms with van der Waals surface area (Å²) in [4.78, 5) is 25.4. The summed E-state index contributed by atoms with van der Waals surface area (Å²) in [6.07, 6.45) is 1.43. The first-order chi connectivity index (χ1) is 8.83. The Kier molecular flexibility index (Phi) is 4.78. The number of amides is 2. The quantitative estimate of drug-likeness (QED) is 0.889. The van der Waals surface area contributed by atoms with E-state index in [1.165, 1.54) is 4.90 Å². The van der Waals surface area contributed by atoms with Crippen LogP contribution in [0.5, 0.6) is 0 Å². The van der Waals surface area contributed by atoms with Gasteiger partial charge in [0, 0.05) is 25.3 Å². The predicted octanol–water partition coefficient (Wildman–Crippen LogP) is 1.55. The van der Waals surface area contributed by atoms with Gasteiger partial charge in [0.05, 0.1) is 5.54 Å². The lowest BCUT2D eigenvalue weighted by Crippen LogP contribution is -2.37. The van der Waals surface area contributed by atoms with Crippen molar-refractivity contribution in [2.45, 2.75) is 25.3 Å². The van der Waals surface area contributed by atoms with Crippen LogP contribution in [0.25, 0.3) is 0 Å².